The molecule has 0 bridgehead atoms. The SMILES string of the molecule is CN(Cc1ccc(N(C)C)cc1)C(=O)NCC1CCCO1. The lowest BCUT2D eigenvalue weighted by Crippen LogP contribution is -2.40. The molecule has 2 rings (SSSR count). The van der Waals surface area contributed by atoms with Crippen molar-refractivity contribution >= 4 is 11.7 Å². The normalized spacial score (nSPS) is 17.6. The summed E-state index contributed by atoms with van der Waals surface area (Å²) in [6.45, 7) is 2.02. The van der Waals surface area contributed by atoms with Crippen molar-refractivity contribution in [2.45, 2.75) is 25.5 Å². The summed E-state index contributed by atoms with van der Waals surface area (Å²) < 4.78 is 5.50. The van der Waals surface area contributed by atoms with E-state index in [-0.39, 0.29) is 12.1 Å². The Morgan fingerprint density at radius 3 is 2.57 bits per heavy atom. The van der Waals surface area contributed by atoms with Gasteiger partial charge in [-0.05, 0) is 30.5 Å². The highest BCUT2D eigenvalue weighted by Crippen LogP contribution is 2.14. The fourth-order valence-electron chi connectivity index (χ4n) is 2.39. The van der Waals surface area contributed by atoms with Crippen molar-refractivity contribution < 1.29 is 9.53 Å². The van der Waals surface area contributed by atoms with Crippen LogP contribution in [0.5, 0.6) is 0 Å². The van der Waals surface area contributed by atoms with Crippen molar-refractivity contribution in [3.8, 4) is 0 Å². The molecular formula is C16H25N3O2. The summed E-state index contributed by atoms with van der Waals surface area (Å²) in [4.78, 5) is 15.8. The van der Waals surface area contributed by atoms with Crippen molar-refractivity contribution in [2.24, 2.45) is 0 Å². The zero-order chi connectivity index (χ0) is 15.2. The van der Waals surface area contributed by atoms with Gasteiger partial charge >= 0.3 is 6.03 Å². The molecule has 21 heavy (non-hydrogen) atoms. The minimum absolute atomic E-state index is 0.0535. The second-order valence-electron chi connectivity index (χ2n) is 5.74. The number of urea groups is 1. The fraction of sp³-hybridized carbons (Fsp3) is 0.562. The number of carbonyl (C=O) groups excluding carboxylic acids is 1. The van der Waals surface area contributed by atoms with Crippen LogP contribution in [0.2, 0.25) is 0 Å². The van der Waals surface area contributed by atoms with Crippen molar-refractivity contribution in [3.63, 3.8) is 0 Å². The van der Waals surface area contributed by atoms with E-state index in [9.17, 15) is 4.79 Å². The maximum atomic E-state index is 12.0. The molecule has 1 aromatic carbocycles. The van der Waals surface area contributed by atoms with Gasteiger partial charge in [0, 0.05) is 46.5 Å². The molecule has 0 aliphatic carbocycles. The number of rotatable bonds is 5. The van der Waals surface area contributed by atoms with E-state index in [1.807, 2.05) is 21.1 Å². The summed E-state index contributed by atoms with van der Waals surface area (Å²) in [5.41, 5.74) is 2.28. The van der Waals surface area contributed by atoms with Crippen LogP contribution in [-0.4, -0.2) is 51.3 Å². The van der Waals surface area contributed by atoms with Gasteiger partial charge in [0.05, 0.1) is 6.10 Å². The summed E-state index contributed by atoms with van der Waals surface area (Å²) >= 11 is 0. The molecule has 1 heterocycles. The van der Waals surface area contributed by atoms with E-state index in [4.69, 9.17) is 4.74 Å². The zero-order valence-corrected chi connectivity index (χ0v) is 13.1. The van der Waals surface area contributed by atoms with Gasteiger partial charge in [-0.3, -0.25) is 0 Å². The molecule has 1 saturated heterocycles. The van der Waals surface area contributed by atoms with E-state index >= 15 is 0 Å². The number of benzene rings is 1. The van der Waals surface area contributed by atoms with E-state index in [1.165, 1.54) is 0 Å². The van der Waals surface area contributed by atoms with Gasteiger partial charge in [0.15, 0.2) is 0 Å². The molecule has 0 aromatic heterocycles. The average Bonchev–Trinajstić information content (AvgIpc) is 2.98. The molecule has 1 atom stereocenters. The smallest absolute Gasteiger partial charge is 0.317 e. The topological polar surface area (TPSA) is 44.8 Å². The first kappa shape index (κ1) is 15.6. The lowest BCUT2D eigenvalue weighted by Gasteiger charge is -2.20. The molecule has 5 heteroatoms. The average molecular weight is 291 g/mol. The minimum Gasteiger partial charge on any atom is -0.378 e. The molecular weight excluding hydrogens is 266 g/mol. The fourth-order valence-corrected chi connectivity index (χ4v) is 2.39. The number of carbonyl (C=O) groups is 1. The Labute approximate surface area is 126 Å². The van der Waals surface area contributed by atoms with Crippen molar-refractivity contribution in [2.75, 3.05) is 39.2 Å². The number of anilines is 1. The highest BCUT2D eigenvalue weighted by atomic mass is 16.5. The van der Waals surface area contributed by atoms with Gasteiger partial charge in [-0.25, -0.2) is 4.79 Å². The predicted octanol–water partition coefficient (Wildman–Crippen LogP) is 2.07. The van der Waals surface area contributed by atoms with E-state index in [0.717, 1.165) is 30.7 Å². The third-order valence-corrected chi connectivity index (χ3v) is 3.72. The first-order valence-electron chi connectivity index (χ1n) is 7.43. The van der Waals surface area contributed by atoms with Crippen LogP contribution in [0, 0.1) is 0 Å². The van der Waals surface area contributed by atoms with Gasteiger partial charge in [0.2, 0.25) is 0 Å². The highest BCUT2D eigenvalue weighted by Gasteiger charge is 2.17. The second kappa shape index (κ2) is 7.31. The van der Waals surface area contributed by atoms with Crippen LogP contribution < -0.4 is 10.2 Å². The molecule has 0 saturated carbocycles. The largest absolute Gasteiger partial charge is 0.378 e. The maximum absolute atomic E-state index is 12.0. The van der Waals surface area contributed by atoms with Crippen LogP contribution in [0.15, 0.2) is 24.3 Å². The van der Waals surface area contributed by atoms with Gasteiger partial charge in [-0.15, -0.1) is 0 Å². The van der Waals surface area contributed by atoms with Crippen molar-refractivity contribution in [3.05, 3.63) is 29.8 Å². The third-order valence-electron chi connectivity index (χ3n) is 3.72. The van der Waals surface area contributed by atoms with Crippen LogP contribution >= 0.6 is 0 Å². The Kier molecular flexibility index (Phi) is 5.44. The molecule has 0 radical (unpaired) electrons. The first-order valence-corrected chi connectivity index (χ1v) is 7.43. The van der Waals surface area contributed by atoms with Gasteiger partial charge in [0.1, 0.15) is 0 Å². The highest BCUT2D eigenvalue weighted by molar-refractivity contribution is 5.73. The zero-order valence-electron chi connectivity index (χ0n) is 13.1. The second-order valence-corrected chi connectivity index (χ2v) is 5.74. The monoisotopic (exact) mass is 291 g/mol. The van der Waals surface area contributed by atoms with Crippen LogP contribution in [-0.2, 0) is 11.3 Å². The van der Waals surface area contributed by atoms with E-state index in [2.05, 4.69) is 34.5 Å². The number of hydrogen-bond donors (Lipinski definition) is 1. The third kappa shape index (κ3) is 4.63. The van der Waals surface area contributed by atoms with Crippen LogP contribution in [0.4, 0.5) is 10.5 Å². The lowest BCUT2D eigenvalue weighted by molar-refractivity contribution is 0.109. The Hall–Kier alpha value is -1.75. The summed E-state index contributed by atoms with van der Waals surface area (Å²) in [5, 5.41) is 2.93. The Balaban J connectivity index is 1.79. The van der Waals surface area contributed by atoms with Gasteiger partial charge in [-0.2, -0.15) is 0 Å². The van der Waals surface area contributed by atoms with E-state index in [0.29, 0.717) is 13.1 Å². The van der Waals surface area contributed by atoms with Crippen molar-refractivity contribution in [1.82, 2.24) is 10.2 Å². The summed E-state index contributed by atoms with van der Waals surface area (Å²) in [5.74, 6) is 0. The van der Waals surface area contributed by atoms with Gasteiger partial charge in [0.25, 0.3) is 0 Å². The summed E-state index contributed by atoms with van der Waals surface area (Å²) in [6, 6.07) is 8.18. The minimum atomic E-state index is -0.0535. The summed E-state index contributed by atoms with van der Waals surface area (Å²) in [7, 11) is 5.84. The number of hydrogen-bond acceptors (Lipinski definition) is 3. The molecule has 116 valence electrons. The van der Waals surface area contributed by atoms with Crippen LogP contribution in [0.3, 0.4) is 0 Å². The number of amides is 2. The van der Waals surface area contributed by atoms with Gasteiger partial charge in [-0.1, -0.05) is 12.1 Å². The van der Waals surface area contributed by atoms with E-state index in [1.54, 1.807) is 4.90 Å². The van der Waals surface area contributed by atoms with Gasteiger partial charge < -0.3 is 19.9 Å². The number of ether oxygens (including phenoxy) is 1. The molecule has 0 spiro atoms. The molecule has 1 unspecified atom stereocenters. The van der Waals surface area contributed by atoms with E-state index < -0.39 is 0 Å². The standard InChI is InChI=1S/C16H25N3O2/c1-18(2)14-8-6-13(7-9-14)12-19(3)16(20)17-11-15-5-4-10-21-15/h6-9,15H,4-5,10-12H2,1-3H3,(H,17,20). The van der Waals surface area contributed by atoms with Crippen LogP contribution in [0.25, 0.3) is 0 Å². The molecule has 1 aliphatic rings. The molecule has 5 nitrogen and oxygen atoms in total. The lowest BCUT2D eigenvalue weighted by atomic mass is 10.2. The molecule has 1 aromatic rings. The quantitative estimate of drug-likeness (QED) is 0.903. The molecule has 2 amide bonds. The Bertz CT molecular complexity index is 453. The molecule has 1 fully saturated rings. The number of nitrogens with zero attached hydrogens (tertiary/aromatic N) is 2. The first-order chi connectivity index (χ1) is 10.1. The van der Waals surface area contributed by atoms with Crippen LogP contribution in [0.1, 0.15) is 18.4 Å². The maximum Gasteiger partial charge on any atom is 0.317 e. The Morgan fingerprint density at radius 1 is 1.29 bits per heavy atom. The predicted molar refractivity (Wildman–Crippen MR) is 84.6 cm³/mol. The summed E-state index contributed by atoms with van der Waals surface area (Å²) in [6.07, 6.45) is 2.31. The van der Waals surface area contributed by atoms with Crippen molar-refractivity contribution in [1.29, 1.82) is 0 Å². The molecule has 1 N–H and O–H groups in total. The Morgan fingerprint density at radius 2 is 2.00 bits per heavy atom. The number of nitrogens with one attached hydrogen (secondary N) is 1. The molecule has 1 aliphatic heterocycles.